The number of anilines is 1. The number of thiol groups is 1. The van der Waals surface area contributed by atoms with E-state index < -0.39 is 5.91 Å². The quantitative estimate of drug-likeness (QED) is 0.752. The molecule has 2 aromatic rings. The molecule has 7 heteroatoms. The normalized spacial score (nSPS) is 9.95. The lowest BCUT2D eigenvalue weighted by molar-refractivity contribution is 0.100. The molecule has 0 unspecified atom stereocenters. The Morgan fingerprint density at radius 3 is 2.52 bits per heavy atom. The summed E-state index contributed by atoms with van der Waals surface area (Å²) in [5.74, 6) is -0.520. The first-order valence-electron chi connectivity index (χ1n) is 6.13. The summed E-state index contributed by atoms with van der Waals surface area (Å²) in [7, 11) is 0. The second-order valence-electron chi connectivity index (χ2n) is 4.24. The Morgan fingerprint density at radius 2 is 1.95 bits per heavy atom. The summed E-state index contributed by atoms with van der Waals surface area (Å²) < 4.78 is 1.15. The number of urea groups is 1. The summed E-state index contributed by atoms with van der Waals surface area (Å²) in [5, 5.41) is 2.71. The number of carbonyl (C=O) groups is 2. The zero-order chi connectivity index (χ0) is 15.2. The molecule has 1 aromatic carbocycles. The van der Waals surface area contributed by atoms with Gasteiger partial charge >= 0.3 is 6.03 Å². The maximum atomic E-state index is 12.0. The molecule has 0 saturated heterocycles. The average molecular weight is 302 g/mol. The molecule has 1 heterocycles. The molecule has 1 aromatic heterocycles. The van der Waals surface area contributed by atoms with Gasteiger partial charge in [0, 0.05) is 24.5 Å². The number of hydrogen-bond donors (Lipinski definition) is 3. The van der Waals surface area contributed by atoms with E-state index in [4.69, 9.17) is 5.73 Å². The van der Waals surface area contributed by atoms with Gasteiger partial charge in [0.05, 0.1) is 5.69 Å². The van der Waals surface area contributed by atoms with Gasteiger partial charge in [-0.05, 0) is 35.9 Å². The zero-order valence-electron chi connectivity index (χ0n) is 11.1. The number of rotatable bonds is 4. The molecular formula is C14H14N4O2S. The summed E-state index contributed by atoms with van der Waals surface area (Å²) in [5.41, 5.74) is 6.95. The first-order chi connectivity index (χ1) is 10.1. The molecule has 0 aliphatic rings. The van der Waals surface area contributed by atoms with Gasteiger partial charge in [0.15, 0.2) is 0 Å². The van der Waals surface area contributed by atoms with Crippen molar-refractivity contribution in [2.24, 2.45) is 5.73 Å². The largest absolute Gasteiger partial charge is 0.366 e. The van der Waals surface area contributed by atoms with E-state index in [1.807, 2.05) is 6.07 Å². The fourth-order valence-electron chi connectivity index (χ4n) is 1.64. The average Bonchev–Trinajstić information content (AvgIpc) is 2.53. The van der Waals surface area contributed by atoms with E-state index in [1.165, 1.54) is 12.1 Å². The molecule has 3 amide bonds. The lowest BCUT2D eigenvalue weighted by atomic mass is 10.2. The van der Waals surface area contributed by atoms with Crippen molar-refractivity contribution in [2.75, 3.05) is 4.31 Å². The SMILES string of the molecule is NC(=O)c1ccc(N(S)C(=O)NCc2cccnc2)cc1. The van der Waals surface area contributed by atoms with E-state index in [-0.39, 0.29) is 6.03 Å². The van der Waals surface area contributed by atoms with Gasteiger partial charge in [0.2, 0.25) is 5.91 Å². The van der Waals surface area contributed by atoms with Gasteiger partial charge in [-0.3, -0.25) is 9.78 Å². The third-order valence-corrected chi connectivity index (χ3v) is 3.17. The molecular weight excluding hydrogens is 288 g/mol. The third kappa shape index (κ3) is 3.96. The Hall–Kier alpha value is -2.54. The highest BCUT2D eigenvalue weighted by molar-refractivity contribution is 7.82. The highest BCUT2D eigenvalue weighted by Crippen LogP contribution is 2.17. The lowest BCUT2D eigenvalue weighted by Gasteiger charge is -2.16. The van der Waals surface area contributed by atoms with Gasteiger partial charge in [-0.2, -0.15) is 0 Å². The second-order valence-corrected chi connectivity index (χ2v) is 4.64. The van der Waals surface area contributed by atoms with E-state index in [0.29, 0.717) is 17.8 Å². The molecule has 0 aliphatic heterocycles. The predicted octanol–water partition coefficient (Wildman–Crippen LogP) is 1.74. The van der Waals surface area contributed by atoms with E-state index in [9.17, 15) is 9.59 Å². The topological polar surface area (TPSA) is 88.3 Å². The number of primary amides is 1. The van der Waals surface area contributed by atoms with Crippen molar-refractivity contribution in [3.63, 3.8) is 0 Å². The van der Waals surface area contributed by atoms with Gasteiger partial charge in [0.25, 0.3) is 0 Å². The van der Waals surface area contributed by atoms with E-state index >= 15 is 0 Å². The Labute approximate surface area is 127 Å². The molecule has 0 bridgehead atoms. The van der Waals surface area contributed by atoms with Crippen molar-refractivity contribution < 1.29 is 9.59 Å². The van der Waals surface area contributed by atoms with Crippen LogP contribution in [0.1, 0.15) is 15.9 Å². The highest BCUT2D eigenvalue weighted by atomic mass is 32.1. The van der Waals surface area contributed by atoms with Crippen LogP contribution in [0.25, 0.3) is 0 Å². The molecule has 0 fully saturated rings. The van der Waals surface area contributed by atoms with Crippen LogP contribution in [0.2, 0.25) is 0 Å². The summed E-state index contributed by atoms with van der Waals surface area (Å²) in [6.45, 7) is 0.350. The van der Waals surface area contributed by atoms with Gasteiger partial charge in [-0.25, -0.2) is 9.10 Å². The number of amides is 3. The number of carbonyl (C=O) groups excluding carboxylic acids is 2. The van der Waals surface area contributed by atoms with Crippen molar-refractivity contribution in [1.82, 2.24) is 10.3 Å². The minimum Gasteiger partial charge on any atom is -0.366 e. The summed E-state index contributed by atoms with van der Waals surface area (Å²) in [6.07, 6.45) is 3.33. The number of nitrogens with two attached hydrogens (primary N) is 1. The van der Waals surface area contributed by atoms with Crippen LogP contribution in [0.4, 0.5) is 10.5 Å². The molecule has 21 heavy (non-hydrogen) atoms. The number of pyridine rings is 1. The predicted molar refractivity (Wildman–Crippen MR) is 82.9 cm³/mol. The van der Waals surface area contributed by atoms with Gasteiger partial charge in [-0.1, -0.05) is 18.9 Å². The Bertz CT molecular complexity index is 631. The number of hydrogen-bond acceptors (Lipinski definition) is 4. The van der Waals surface area contributed by atoms with Crippen molar-refractivity contribution in [3.8, 4) is 0 Å². The summed E-state index contributed by atoms with van der Waals surface area (Å²) >= 11 is 4.14. The molecule has 0 atom stereocenters. The molecule has 3 N–H and O–H groups in total. The number of nitrogens with one attached hydrogen (secondary N) is 1. The molecule has 108 valence electrons. The number of nitrogens with zero attached hydrogens (tertiary/aromatic N) is 2. The number of aromatic nitrogens is 1. The monoisotopic (exact) mass is 302 g/mol. The summed E-state index contributed by atoms with van der Waals surface area (Å²) in [6, 6.07) is 9.53. The van der Waals surface area contributed by atoms with Crippen LogP contribution in [-0.2, 0) is 6.54 Å². The standard InChI is InChI=1S/C14H14N4O2S/c15-13(19)11-3-5-12(6-4-11)18(21)14(20)17-9-10-2-1-7-16-8-10/h1-8,21H,9H2,(H2,15,19)(H,17,20). The molecule has 0 radical (unpaired) electrons. The van der Waals surface area contributed by atoms with E-state index in [0.717, 1.165) is 9.87 Å². The van der Waals surface area contributed by atoms with Gasteiger partial charge in [0.1, 0.15) is 0 Å². The smallest absolute Gasteiger partial charge is 0.332 e. The highest BCUT2D eigenvalue weighted by Gasteiger charge is 2.12. The van der Waals surface area contributed by atoms with Crippen molar-refractivity contribution in [3.05, 3.63) is 59.9 Å². The van der Waals surface area contributed by atoms with Gasteiger partial charge in [-0.15, -0.1) is 0 Å². The van der Waals surface area contributed by atoms with Gasteiger partial charge < -0.3 is 11.1 Å². The molecule has 6 nitrogen and oxygen atoms in total. The molecule has 0 spiro atoms. The fraction of sp³-hybridized carbons (Fsp3) is 0.0714. The molecule has 2 rings (SSSR count). The first kappa shape index (κ1) is 14.9. The van der Waals surface area contributed by atoms with Crippen LogP contribution < -0.4 is 15.4 Å². The fourth-order valence-corrected chi connectivity index (χ4v) is 1.84. The van der Waals surface area contributed by atoms with Crippen LogP contribution in [-0.4, -0.2) is 16.9 Å². The Kier molecular flexibility index (Phi) is 4.78. The number of benzene rings is 1. The maximum absolute atomic E-state index is 12.0. The van der Waals surface area contributed by atoms with E-state index in [2.05, 4.69) is 23.1 Å². The zero-order valence-corrected chi connectivity index (χ0v) is 12.0. The second kappa shape index (κ2) is 6.76. The maximum Gasteiger partial charge on any atom is 0.332 e. The third-order valence-electron chi connectivity index (χ3n) is 2.76. The van der Waals surface area contributed by atoms with Crippen LogP contribution in [0.3, 0.4) is 0 Å². The van der Waals surface area contributed by atoms with Crippen LogP contribution in [0.15, 0.2) is 48.8 Å². The summed E-state index contributed by atoms with van der Waals surface area (Å²) in [4.78, 5) is 26.9. The van der Waals surface area contributed by atoms with Crippen molar-refractivity contribution in [1.29, 1.82) is 0 Å². The van der Waals surface area contributed by atoms with Crippen LogP contribution in [0.5, 0.6) is 0 Å². The Morgan fingerprint density at radius 1 is 1.24 bits per heavy atom. The first-order valence-corrected chi connectivity index (χ1v) is 6.53. The van der Waals surface area contributed by atoms with Crippen molar-refractivity contribution in [2.45, 2.75) is 6.54 Å². The van der Waals surface area contributed by atoms with Crippen LogP contribution in [0, 0.1) is 0 Å². The lowest BCUT2D eigenvalue weighted by Crippen LogP contribution is -2.33. The molecule has 0 aliphatic carbocycles. The van der Waals surface area contributed by atoms with Crippen molar-refractivity contribution >= 4 is 30.4 Å². The van der Waals surface area contributed by atoms with E-state index in [1.54, 1.807) is 30.6 Å². The van der Waals surface area contributed by atoms with Crippen LogP contribution >= 0.6 is 12.8 Å². The minimum absolute atomic E-state index is 0.350. The Balaban J connectivity index is 1.97. The molecule has 0 saturated carbocycles. The minimum atomic E-state index is -0.520.